The molecule has 106 valence electrons. The lowest BCUT2D eigenvalue weighted by Crippen LogP contribution is -2.24. The van der Waals surface area contributed by atoms with Gasteiger partial charge in [-0.15, -0.1) is 0 Å². The zero-order valence-electron chi connectivity index (χ0n) is 11.7. The number of hydrogen-bond acceptors (Lipinski definition) is 2. The average molecular weight is 354 g/mol. The van der Waals surface area contributed by atoms with E-state index >= 15 is 0 Å². The van der Waals surface area contributed by atoms with Gasteiger partial charge in [0.25, 0.3) is 0 Å². The van der Waals surface area contributed by atoms with Crippen molar-refractivity contribution < 1.29 is 0 Å². The van der Waals surface area contributed by atoms with E-state index in [2.05, 4.69) is 45.3 Å². The molecule has 0 aliphatic rings. The highest BCUT2D eigenvalue weighted by atomic mass is 79.9. The molecule has 0 saturated heterocycles. The Kier molecular flexibility index (Phi) is 5.58. The molecule has 0 fully saturated rings. The second kappa shape index (κ2) is 7.21. The van der Waals surface area contributed by atoms with Crippen LogP contribution in [0.1, 0.15) is 36.2 Å². The van der Waals surface area contributed by atoms with Crippen LogP contribution < -0.4 is 5.32 Å². The van der Waals surface area contributed by atoms with Gasteiger partial charge in [-0.2, -0.15) is 0 Å². The Morgan fingerprint density at radius 3 is 2.70 bits per heavy atom. The van der Waals surface area contributed by atoms with Crippen LogP contribution >= 0.6 is 27.5 Å². The van der Waals surface area contributed by atoms with Crippen molar-refractivity contribution in [3.63, 3.8) is 0 Å². The molecule has 0 aliphatic carbocycles. The first-order chi connectivity index (χ1) is 9.61. The normalized spacial score (nSPS) is 12.4. The Bertz CT molecular complexity index is 569. The van der Waals surface area contributed by atoms with E-state index in [1.807, 2.05) is 31.3 Å². The van der Waals surface area contributed by atoms with Crippen LogP contribution in [0.4, 0.5) is 0 Å². The first-order valence-corrected chi connectivity index (χ1v) is 7.89. The monoisotopic (exact) mass is 352 g/mol. The molecule has 0 bridgehead atoms. The number of rotatable bonds is 5. The quantitative estimate of drug-likeness (QED) is 0.827. The van der Waals surface area contributed by atoms with Gasteiger partial charge in [0, 0.05) is 15.7 Å². The summed E-state index contributed by atoms with van der Waals surface area (Å²) in [4.78, 5) is 4.51. The van der Waals surface area contributed by atoms with Gasteiger partial charge >= 0.3 is 0 Å². The lowest BCUT2D eigenvalue weighted by atomic mass is 10.0. The molecular weight excluding hydrogens is 336 g/mol. The van der Waals surface area contributed by atoms with Crippen molar-refractivity contribution in [3.8, 4) is 0 Å². The van der Waals surface area contributed by atoms with Gasteiger partial charge in [0.05, 0.1) is 11.7 Å². The van der Waals surface area contributed by atoms with Crippen molar-refractivity contribution in [2.75, 3.05) is 6.54 Å². The van der Waals surface area contributed by atoms with Gasteiger partial charge in [-0.1, -0.05) is 30.7 Å². The number of nitrogens with zero attached hydrogens (tertiary/aromatic N) is 1. The van der Waals surface area contributed by atoms with Gasteiger partial charge in [-0.3, -0.25) is 4.98 Å². The van der Waals surface area contributed by atoms with Gasteiger partial charge in [0.15, 0.2) is 0 Å². The molecule has 0 saturated carbocycles. The zero-order valence-corrected chi connectivity index (χ0v) is 14.0. The summed E-state index contributed by atoms with van der Waals surface area (Å²) in [6, 6.07) is 10.3. The number of nitrogens with one attached hydrogen (secondary N) is 1. The molecule has 1 aromatic heterocycles. The average Bonchev–Trinajstić information content (AvgIpc) is 2.45. The summed E-state index contributed by atoms with van der Waals surface area (Å²) in [5.41, 5.74) is 3.24. The third kappa shape index (κ3) is 3.81. The molecule has 1 unspecified atom stereocenters. The van der Waals surface area contributed by atoms with Gasteiger partial charge in [0.1, 0.15) is 0 Å². The first kappa shape index (κ1) is 15.5. The fourth-order valence-electron chi connectivity index (χ4n) is 2.03. The SMILES string of the molecule is CCCNC(c1ccc(C)c(Cl)c1)c1ccc(Br)cn1. The maximum absolute atomic E-state index is 6.25. The highest BCUT2D eigenvalue weighted by Crippen LogP contribution is 2.26. The van der Waals surface area contributed by atoms with Crippen molar-refractivity contribution in [1.29, 1.82) is 0 Å². The number of halogens is 2. The minimum Gasteiger partial charge on any atom is -0.305 e. The van der Waals surface area contributed by atoms with Crippen LogP contribution in [0.5, 0.6) is 0 Å². The molecule has 1 N–H and O–H groups in total. The standard InChI is InChI=1S/C16H18BrClN2/c1-3-8-19-16(15-7-6-13(17)10-20-15)12-5-4-11(2)14(18)9-12/h4-7,9-10,16,19H,3,8H2,1-2H3. The van der Waals surface area contributed by atoms with E-state index in [1.165, 1.54) is 0 Å². The molecule has 2 aromatic rings. The van der Waals surface area contributed by atoms with Crippen LogP contribution in [0.2, 0.25) is 5.02 Å². The van der Waals surface area contributed by atoms with Crippen LogP contribution in [-0.2, 0) is 0 Å². The number of pyridine rings is 1. The predicted molar refractivity (Wildman–Crippen MR) is 88.3 cm³/mol. The molecule has 2 rings (SSSR count). The summed E-state index contributed by atoms with van der Waals surface area (Å²) in [6.07, 6.45) is 2.90. The Morgan fingerprint density at radius 2 is 2.10 bits per heavy atom. The molecule has 0 aliphatic heterocycles. The third-order valence-electron chi connectivity index (χ3n) is 3.17. The topological polar surface area (TPSA) is 24.9 Å². The molecular formula is C16H18BrClN2. The number of benzene rings is 1. The fraction of sp³-hybridized carbons (Fsp3) is 0.312. The zero-order chi connectivity index (χ0) is 14.5. The molecule has 0 radical (unpaired) electrons. The first-order valence-electron chi connectivity index (χ1n) is 6.72. The van der Waals surface area contributed by atoms with E-state index in [0.29, 0.717) is 0 Å². The third-order valence-corrected chi connectivity index (χ3v) is 4.05. The summed E-state index contributed by atoms with van der Waals surface area (Å²) in [7, 11) is 0. The Morgan fingerprint density at radius 1 is 1.30 bits per heavy atom. The van der Waals surface area contributed by atoms with Gasteiger partial charge in [-0.25, -0.2) is 0 Å². The van der Waals surface area contributed by atoms with Crippen molar-refractivity contribution in [1.82, 2.24) is 10.3 Å². The van der Waals surface area contributed by atoms with Crippen LogP contribution in [-0.4, -0.2) is 11.5 Å². The number of aryl methyl sites for hydroxylation is 1. The van der Waals surface area contributed by atoms with E-state index in [4.69, 9.17) is 11.6 Å². The summed E-state index contributed by atoms with van der Waals surface area (Å²) in [5, 5.41) is 4.33. The highest BCUT2D eigenvalue weighted by molar-refractivity contribution is 9.10. The smallest absolute Gasteiger partial charge is 0.0751 e. The van der Waals surface area contributed by atoms with Crippen LogP contribution in [0, 0.1) is 6.92 Å². The van der Waals surface area contributed by atoms with E-state index in [9.17, 15) is 0 Å². The molecule has 0 amide bonds. The minimum atomic E-state index is 0.0705. The van der Waals surface area contributed by atoms with Crippen molar-refractivity contribution in [3.05, 3.63) is 62.8 Å². The second-order valence-corrected chi connectivity index (χ2v) is 6.12. The van der Waals surface area contributed by atoms with E-state index in [1.54, 1.807) is 0 Å². The molecule has 1 heterocycles. The number of aromatic nitrogens is 1. The van der Waals surface area contributed by atoms with Gasteiger partial charge in [-0.05, 0) is 65.1 Å². The van der Waals surface area contributed by atoms with Gasteiger partial charge < -0.3 is 5.32 Å². The molecule has 4 heteroatoms. The van der Waals surface area contributed by atoms with Crippen molar-refractivity contribution >= 4 is 27.5 Å². The van der Waals surface area contributed by atoms with Crippen LogP contribution in [0.15, 0.2) is 41.0 Å². The lowest BCUT2D eigenvalue weighted by Gasteiger charge is -2.19. The maximum Gasteiger partial charge on any atom is 0.0751 e. The van der Waals surface area contributed by atoms with Crippen LogP contribution in [0.3, 0.4) is 0 Å². The van der Waals surface area contributed by atoms with Crippen molar-refractivity contribution in [2.24, 2.45) is 0 Å². The molecule has 1 aromatic carbocycles. The molecule has 1 atom stereocenters. The highest BCUT2D eigenvalue weighted by Gasteiger charge is 2.15. The van der Waals surface area contributed by atoms with E-state index < -0.39 is 0 Å². The molecule has 2 nitrogen and oxygen atoms in total. The van der Waals surface area contributed by atoms with Gasteiger partial charge in [0.2, 0.25) is 0 Å². The molecule has 0 spiro atoms. The Balaban J connectivity index is 2.35. The van der Waals surface area contributed by atoms with E-state index in [-0.39, 0.29) is 6.04 Å². The second-order valence-electron chi connectivity index (χ2n) is 4.80. The largest absolute Gasteiger partial charge is 0.305 e. The summed E-state index contributed by atoms with van der Waals surface area (Å²) in [5.74, 6) is 0. The van der Waals surface area contributed by atoms with Crippen molar-refractivity contribution in [2.45, 2.75) is 26.3 Å². The predicted octanol–water partition coefficient (Wildman–Crippen LogP) is 4.89. The minimum absolute atomic E-state index is 0.0705. The maximum atomic E-state index is 6.25. The lowest BCUT2D eigenvalue weighted by molar-refractivity contribution is 0.586. The summed E-state index contributed by atoms with van der Waals surface area (Å²) in [6.45, 7) is 5.10. The van der Waals surface area contributed by atoms with Crippen LogP contribution in [0.25, 0.3) is 0 Å². The summed E-state index contributed by atoms with van der Waals surface area (Å²) >= 11 is 9.67. The van der Waals surface area contributed by atoms with E-state index in [0.717, 1.165) is 39.3 Å². The number of hydrogen-bond donors (Lipinski definition) is 1. The Hall–Kier alpha value is -0.900. The molecule has 20 heavy (non-hydrogen) atoms. The Labute approximate surface area is 133 Å². The summed E-state index contributed by atoms with van der Waals surface area (Å²) < 4.78 is 0.984. The fourth-order valence-corrected chi connectivity index (χ4v) is 2.45.